The molecule has 2 saturated heterocycles. The lowest BCUT2D eigenvalue weighted by atomic mass is 10.1. The maximum atomic E-state index is 13.0. The highest BCUT2D eigenvalue weighted by atomic mass is 19.4. The molecule has 0 bridgehead atoms. The molecule has 2 heterocycles. The van der Waals surface area contributed by atoms with Crippen molar-refractivity contribution in [3.8, 4) is 0 Å². The fraction of sp³-hybridized carbons (Fsp3) is 0.650. The molecule has 1 aromatic carbocycles. The fourth-order valence-electron chi connectivity index (χ4n) is 4.03. The molecule has 1 amide bonds. The lowest BCUT2D eigenvalue weighted by molar-refractivity contribution is -0.137. The molecular weight excluding hydrogens is 355 g/mol. The molecule has 150 valence electrons. The zero-order valence-corrected chi connectivity index (χ0v) is 15.8. The number of piperazine rings is 1. The van der Waals surface area contributed by atoms with Gasteiger partial charge in [-0.05, 0) is 64.0 Å². The summed E-state index contributed by atoms with van der Waals surface area (Å²) in [4.78, 5) is 18.8. The normalized spacial score (nSPS) is 22.4. The first-order valence-electron chi connectivity index (χ1n) is 9.81. The molecule has 0 saturated carbocycles. The molecule has 4 nitrogen and oxygen atoms in total. The summed E-state index contributed by atoms with van der Waals surface area (Å²) in [5.74, 6) is -0.00249. The minimum atomic E-state index is -4.38. The van der Waals surface area contributed by atoms with E-state index in [1.807, 2.05) is 4.90 Å². The average molecular weight is 383 g/mol. The summed E-state index contributed by atoms with van der Waals surface area (Å²) in [6.45, 7) is 6.91. The van der Waals surface area contributed by atoms with Crippen molar-refractivity contribution in [2.24, 2.45) is 0 Å². The molecule has 2 aliphatic heterocycles. The van der Waals surface area contributed by atoms with Gasteiger partial charge in [-0.15, -0.1) is 0 Å². The van der Waals surface area contributed by atoms with Gasteiger partial charge in [-0.3, -0.25) is 4.79 Å². The first kappa shape index (κ1) is 20.0. The van der Waals surface area contributed by atoms with Crippen molar-refractivity contribution in [2.75, 3.05) is 44.2 Å². The highest BCUT2D eigenvalue weighted by molar-refractivity contribution is 5.86. The van der Waals surface area contributed by atoms with Crippen molar-refractivity contribution in [3.05, 3.63) is 29.8 Å². The molecule has 0 unspecified atom stereocenters. The van der Waals surface area contributed by atoms with Crippen molar-refractivity contribution in [2.45, 2.75) is 44.8 Å². The number of halogens is 3. The molecule has 0 spiro atoms. The number of nitrogens with zero attached hydrogens (tertiary/aromatic N) is 3. The molecule has 27 heavy (non-hydrogen) atoms. The van der Waals surface area contributed by atoms with E-state index in [9.17, 15) is 18.0 Å². The smallest absolute Gasteiger partial charge is 0.358 e. The van der Waals surface area contributed by atoms with Crippen LogP contribution in [0, 0.1) is 0 Å². The molecule has 0 radical (unpaired) electrons. The highest BCUT2D eigenvalue weighted by Crippen LogP contribution is 2.32. The zero-order valence-electron chi connectivity index (χ0n) is 15.8. The van der Waals surface area contributed by atoms with E-state index < -0.39 is 17.8 Å². The monoisotopic (exact) mass is 383 g/mol. The Balaban J connectivity index is 1.56. The number of anilines is 1. The minimum Gasteiger partial charge on any atom is -0.358 e. The topological polar surface area (TPSA) is 26.8 Å². The Morgan fingerprint density at radius 2 is 1.78 bits per heavy atom. The van der Waals surface area contributed by atoms with Crippen LogP contribution in [0.2, 0.25) is 0 Å². The van der Waals surface area contributed by atoms with Crippen LogP contribution in [0.15, 0.2) is 24.3 Å². The van der Waals surface area contributed by atoms with Gasteiger partial charge in [0.25, 0.3) is 0 Å². The third-order valence-electron chi connectivity index (χ3n) is 5.60. The molecule has 3 rings (SSSR count). The predicted molar refractivity (Wildman–Crippen MR) is 99.7 cm³/mol. The van der Waals surface area contributed by atoms with Gasteiger partial charge in [0.15, 0.2) is 0 Å². The largest absolute Gasteiger partial charge is 0.416 e. The van der Waals surface area contributed by atoms with E-state index in [-0.39, 0.29) is 5.91 Å². The highest BCUT2D eigenvalue weighted by Gasteiger charge is 2.34. The van der Waals surface area contributed by atoms with Gasteiger partial charge in [0.05, 0.1) is 5.56 Å². The van der Waals surface area contributed by atoms with Crippen LogP contribution in [-0.2, 0) is 11.0 Å². The number of amides is 1. The summed E-state index contributed by atoms with van der Waals surface area (Å²) in [5.41, 5.74) is -0.220. The second-order valence-corrected chi connectivity index (χ2v) is 7.50. The van der Waals surface area contributed by atoms with Gasteiger partial charge in [-0.25, -0.2) is 0 Å². The van der Waals surface area contributed by atoms with Gasteiger partial charge in [0.1, 0.15) is 6.04 Å². The number of benzene rings is 1. The Labute approximate surface area is 158 Å². The van der Waals surface area contributed by atoms with Crippen molar-refractivity contribution in [1.82, 2.24) is 9.80 Å². The molecule has 2 aliphatic rings. The van der Waals surface area contributed by atoms with Gasteiger partial charge in [-0.2, -0.15) is 13.2 Å². The van der Waals surface area contributed by atoms with Crippen molar-refractivity contribution < 1.29 is 18.0 Å². The van der Waals surface area contributed by atoms with Crippen molar-refractivity contribution in [1.29, 1.82) is 0 Å². The molecule has 0 N–H and O–H groups in total. The summed E-state index contributed by atoms with van der Waals surface area (Å²) >= 11 is 0. The molecular formula is C20H28F3N3O. The molecule has 0 aromatic heterocycles. The number of carbonyl (C=O) groups is 1. The van der Waals surface area contributed by atoms with Crippen molar-refractivity contribution >= 4 is 11.6 Å². The quantitative estimate of drug-likeness (QED) is 0.777. The lowest BCUT2D eigenvalue weighted by Crippen LogP contribution is -2.56. The Morgan fingerprint density at radius 3 is 2.48 bits per heavy atom. The van der Waals surface area contributed by atoms with Gasteiger partial charge in [0, 0.05) is 25.3 Å². The summed E-state index contributed by atoms with van der Waals surface area (Å²) in [5, 5.41) is 0. The van der Waals surface area contributed by atoms with Gasteiger partial charge < -0.3 is 14.7 Å². The number of alkyl halides is 3. The van der Waals surface area contributed by atoms with Gasteiger partial charge in [-0.1, -0.05) is 12.5 Å². The third-order valence-corrected chi connectivity index (χ3v) is 5.60. The van der Waals surface area contributed by atoms with E-state index in [2.05, 4.69) is 4.90 Å². The third kappa shape index (κ3) is 4.94. The molecule has 2 fully saturated rings. The van der Waals surface area contributed by atoms with E-state index in [4.69, 9.17) is 0 Å². The molecule has 0 aliphatic carbocycles. The summed E-state index contributed by atoms with van der Waals surface area (Å²) in [6.07, 6.45) is 0.392. The zero-order chi connectivity index (χ0) is 19.4. The van der Waals surface area contributed by atoms with E-state index in [1.165, 1.54) is 25.3 Å². The van der Waals surface area contributed by atoms with Crippen LogP contribution < -0.4 is 4.90 Å². The summed E-state index contributed by atoms with van der Waals surface area (Å²) in [6, 6.07) is 4.80. The van der Waals surface area contributed by atoms with Crippen LogP contribution in [0.4, 0.5) is 18.9 Å². The van der Waals surface area contributed by atoms with Crippen molar-refractivity contribution in [3.63, 3.8) is 0 Å². The second kappa shape index (κ2) is 8.50. The Hall–Kier alpha value is -1.76. The van der Waals surface area contributed by atoms with Crippen LogP contribution >= 0.6 is 0 Å². The number of hydrogen-bond donors (Lipinski definition) is 0. The fourth-order valence-corrected chi connectivity index (χ4v) is 4.03. The predicted octanol–water partition coefficient (Wildman–Crippen LogP) is 3.62. The van der Waals surface area contributed by atoms with Gasteiger partial charge in [0.2, 0.25) is 5.91 Å². The molecule has 1 atom stereocenters. The number of carbonyl (C=O) groups excluding carboxylic acids is 1. The molecule has 1 aromatic rings. The molecule has 7 heteroatoms. The van der Waals surface area contributed by atoms with Crippen LogP contribution in [0.25, 0.3) is 0 Å². The maximum Gasteiger partial charge on any atom is 0.416 e. The number of hydrogen-bond acceptors (Lipinski definition) is 3. The average Bonchev–Trinajstić information content (AvgIpc) is 2.65. The van der Waals surface area contributed by atoms with Crippen LogP contribution in [0.5, 0.6) is 0 Å². The van der Waals surface area contributed by atoms with Crippen LogP contribution in [0.1, 0.15) is 38.2 Å². The van der Waals surface area contributed by atoms with E-state index in [0.717, 1.165) is 44.7 Å². The van der Waals surface area contributed by atoms with Crippen LogP contribution in [-0.4, -0.2) is 61.0 Å². The summed E-state index contributed by atoms with van der Waals surface area (Å²) in [7, 11) is 0. The summed E-state index contributed by atoms with van der Waals surface area (Å²) < 4.78 is 38.9. The van der Waals surface area contributed by atoms with E-state index >= 15 is 0 Å². The first-order valence-corrected chi connectivity index (χ1v) is 9.81. The van der Waals surface area contributed by atoms with E-state index in [0.29, 0.717) is 18.8 Å². The van der Waals surface area contributed by atoms with E-state index in [1.54, 1.807) is 17.9 Å². The van der Waals surface area contributed by atoms with Crippen LogP contribution in [0.3, 0.4) is 0 Å². The first-order chi connectivity index (χ1) is 12.9. The lowest BCUT2D eigenvalue weighted by Gasteiger charge is -2.41. The number of likely N-dealkylation sites (tertiary alicyclic amines) is 1. The Morgan fingerprint density at radius 1 is 1.04 bits per heavy atom. The maximum absolute atomic E-state index is 13.0. The number of rotatable bonds is 5. The standard InChI is InChI=1S/C20H28F3N3O/c1-16-19(27)25(12-6-11-24-9-3-2-4-10-24)13-14-26(16)18-8-5-7-17(15-18)20(21,22)23/h5,7-8,15-16H,2-4,6,9-14H2,1H3/t16-/m0/s1. The second-order valence-electron chi connectivity index (χ2n) is 7.50. The van der Waals surface area contributed by atoms with Gasteiger partial charge >= 0.3 is 6.18 Å². The number of piperidine rings is 1. The SMILES string of the molecule is C[C@H]1C(=O)N(CCCN2CCCCC2)CCN1c1cccc(C(F)(F)F)c1. The Kier molecular flexibility index (Phi) is 6.29. The Bertz CT molecular complexity index is 644. The minimum absolute atomic E-state index is 0.00249.